The monoisotopic (exact) mass is 960 g/mol. The Morgan fingerprint density at radius 1 is 0.562 bits per heavy atom. The van der Waals surface area contributed by atoms with Gasteiger partial charge in [-0.15, -0.1) is 0 Å². The molecule has 0 fully saturated rings. The molecular formula is C61H68Cl2Zr. The van der Waals surface area contributed by atoms with Crippen LogP contribution in [-0.4, -0.2) is 3.21 Å². The van der Waals surface area contributed by atoms with Gasteiger partial charge in [-0.25, -0.2) is 0 Å². The summed E-state index contributed by atoms with van der Waals surface area (Å²) in [7, 11) is 0. The second-order valence-electron chi connectivity index (χ2n) is 20.4. The molecule has 2 aliphatic rings. The van der Waals surface area contributed by atoms with Gasteiger partial charge >= 0.3 is 385 Å². The molecule has 0 radical (unpaired) electrons. The molecule has 2 unspecified atom stereocenters. The van der Waals surface area contributed by atoms with Gasteiger partial charge in [0.15, 0.2) is 0 Å². The molecule has 0 amide bonds. The van der Waals surface area contributed by atoms with Crippen LogP contribution in [0.5, 0.6) is 0 Å². The van der Waals surface area contributed by atoms with Crippen molar-refractivity contribution in [1.29, 1.82) is 0 Å². The van der Waals surface area contributed by atoms with E-state index >= 15 is 0 Å². The Hall–Kier alpha value is -3.87. The zero-order valence-electron chi connectivity index (χ0n) is 40.0. The van der Waals surface area contributed by atoms with Gasteiger partial charge in [0.05, 0.1) is 0 Å². The third-order valence-electron chi connectivity index (χ3n) is 13.9. The van der Waals surface area contributed by atoms with Crippen molar-refractivity contribution in [3.05, 3.63) is 193 Å². The smallest absolute Gasteiger partial charge is 1.00 e. The maximum absolute atomic E-state index is 2.99. The van der Waals surface area contributed by atoms with Crippen LogP contribution in [0.15, 0.2) is 149 Å². The summed E-state index contributed by atoms with van der Waals surface area (Å²) in [6, 6.07) is 49.5. The first-order valence-electron chi connectivity index (χ1n) is 23.5. The molecule has 0 heterocycles. The van der Waals surface area contributed by atoms with E-state index in [0.717, 1.165) is 38.5 Å². The quantitative estimate of drug-likeness (QED) is 0.115. The van der Waals surface area contributed by atoms with Gasteiger partial charge in [0.25, 0.3) is 0 Å². The Kier molecular flexibility index (Phi) is 16.1. The molecule has 2 atom stereocenters. The summed E-state index contributed by atoms with van der Waals surface area (Å²) >= 11 is -2.99. The molecule has 0 aromatic heterocycles. The van der Waals surface area contributed by atoms with E-state index in [-0.39, 0.29) is 35.6 Å². The summed E-state index contributed by atoms with van der Waals surface area (Å²) in [4.78, 5) is 0. The molecular weight excluding hydrogens is 895 g/mol. The van der Waals surface area contributed by atoms with Crippen molar-refractivity contribution >= 4 is 6.48 Å². The Balaban J connectivity index is 0.00000340. The molecule has 6 aromatic carbocycles. The third kappa shape index (κ3) is 10.1. The first-order valence-corrected chi connectivity index (χ1v) is 27.2. The zero-order valence-corrected chi connectivity index (χ0v) is 44.0. The molecule has 8 rings (SSSR count). The van der Waals surface area contributed by atoms with Crippen molar-refractivity contribution in [1.82, 2.24) is 0 Å². The first-order chi connectivity index (χ1) is 29.8. The summed E-state index contributed by atoms with van der Waals surface area (Å²) in [5.74, 6) is 0.945. The van der Waals surface area contributed by atoms with E-state index in [9.17, 15) is 0 Å². The minimum atomic E-state index is -2.99. The van der Waals surface area contributed by atoms with Crippen LogP contribution in [0.2, 0.25) is 0 Å². The molecule has 2 aliphatic carbocycles. The predicted octanol–water partition coefficient (Wildman–Crippen LogP) is 9.97. The summed E-state index contributed by atoms with van der Waals surface area (Å²) in [6.07, 6.45) is 13.7. The van der Waals surface area contributed by atoms with E-state index in [2.05, 4.69) is 215 Å². The number of fused-ring (bicyclic) bond motifs is 3. The van der Waals surface area contributed by atoms with Gasteiger partial charge in [-0.3, -0.25) is 0 Å². The van der Waals surface area contributed by atoms with Crippen LogP contribution in [0.25, 0.3) is 33.4 Å². The van der Waals surface area contributed by atoms with Crippen molar-refractivity contribution in [2.24, 2.45) is 0 Å². The summed E-state index contributed by atoms with van der Waals surface area (Å²) < 4.78 is 5.21. The van der Waals surface area contributed by atoms with Crippen LogP contribution < -0.4 is 28.1 Å². The number of allylic oxidation sites excluding steroid dienone is 4. The van der Waals surface area contributed by atoms with Gasteiger partial charge in [-0.2, -0.15) is 0 Å². The maximum Gasteiger partial charge on any atom is -1.00 e. The van der Waals surface area contributed by atoms with Gasteiger partial charge in [0.1, 0.15) is 0 Å². The Labute approximate surface area is 406 Å². The molecule has 0 saturated carbocycles. The standard InChI is InChI=1S/C41H49.C15H14.C5H5.2ClH.Zr/c1-11-26(3)30-17-13-15-19-32(30)36-22-28-21-29-23-37(33-20-16-14-18-31(33)27(4)12-2)39(41(8,9)10)25-35(29)34(28)24-38(36)40(5,6)7;1-3-8-14(9-4-1)12-7-13-15-10-5-2-6-11-15;1-2-4-5-3-1;;;/h13-20,22,24-27H,11-12,21H2,1-10H3;1-6,8-11H,12-13H2;1-3H,4H2;2*1H;/q;;;;;+2/p-2. The largest absolute Gasteiger partial charge is 1.00 e. The average Bonchev–Trinajstić information content (AvgIpc) is 3.94. The molecule has 0 N–H and O–H groups in total. The van der Waals surface area contributed by atoms with E-state index in [0.29, 0.717) is 11.8 Å². The fourth-order valence-electron chi connectivity index (χ4n) is 10.3. The number of benzene rings is 6. The van der Waals surface area contributed by atoms with E-state index in [1.165, 1.54) is 66.8 Å². The molecule has 0 aliphatic heterocycles. The van der Waals surface area contributed by atoms with Gasteiger partial charge in [-0.05, 0) is 0 Å². The van der Waals surface area contributed by atoms with E-state index in [4.69, 9.17) is 0 Å². The Morgan fingerprint density at radius 2 is 1.06 bits per heavy atom. The van der Waals surface area contributed by atoms with Crippen molar-refractivity contribution in [2.45, 2.75) is 130 Å². The molecule has 0 nitrogen and oxygen atoms in total. The first kappa shape index (κ1) is 49.6. The van der Waals surface area contributed by atoms with Crippen molar-refractivity contribution in [3.63, 3.8) is 0 Å². The van der Waals surface area contributed by atoms with Gasteiger partial charge < -0.3 is 24.8 Å². The fourth-order valence-corrected chi connectivity index (χ4v) is 18.9. The molecule has 3 heteroatoms. The molecule has 0 spiro atoms. The minimum absolute atomic E-state index is 0. The third-order valence-corrected chi connectivity index (χ3v) is 21.6. The minimum Gasteiger partial charge on any atom is -1.00 e. The van der Waals surface area contributed by atoms with Gasteiger partial charge in [0, 0.05) is 0 Å². The van der Waals surface area contributed by atoms with Gasteiger partial charge in [0.2, 0.25) is 0 Å². The number of halogens is 2. The Bertz CT molecular complexity index is 2640. The zero-order chi connectivity index (χ0) is 43.8. The van der Waals surface area contributed by atoms with Crippen LogP contribution >= 0.6 is 0 Å². The second-order valence-corrected chi connectivity index (χ2v) is 26.7. The van der Waals surface area contributed by atoms with Crippen LogP contribution in [0, 0.1) is 0 Å². The number of rotatable bonds is 12. The van der Waals surface area contributed by atoms with Gasteiger partial charge in [-0.1, -0.05) is 0 Å². The molecule has 6 aromatic rings. The maximum atomic E-state index is 2.68. The Morgan fingerprint density at radius 3 is 1.58 bits per heavy atom. The normalized spacial score (nSPS) is 13.7. The van der Waals surface area contributed by atoms with Crippen LogP contribution in [0.1, 0.15) is 145 Å². The number of hydrogen-bond donors (Lipinski definition) is 0. The van der Waals surface area contributed by atoms with Crippen molar-refractivity contribution < 1.29 is 46.1 Å². The summed E-state index contributed by atoms with van der Waals surface area (Å²) in [5.41, 5.74) is 20.5. The fraction of sp³-hybridized carbons (Fsp3) is 0.328. The van der Waals surface area contributed by atoms with E-state index in [1.54, 1.807) is 20.9 Å². The topological polar surface area (TPSA) is 0 Å². The molecule has 330 valence electrons. The number of hydrogen-bond acceptors (Lipinski definition) is 0. The van der Waals surface area contributed by atoms with Crippen LogP contribution in [0.4, 0.5) is 0 Å². The van der Waals surface area contributed by atoms with E-state index in [1.807, 2.05) is 0 Å². The van der Waals surface area contributed by atoms with E-state index < -0.39 is 21.3 Å². The molecule has 0 bridgehead atoms. The van der Waals surface area contributed by atoms with Crippen LogP contribution in [0.3, 0.4) is 0 Å². The predicted molar refractivity (Wildman–Crippen MR) is 267 cm³/mol. The summed E-state index contributed by atoms with van der Waals surface area (Å²) in [5, 5.41) is 0. The summed E-state index contributed by atoms with van der Waals surface area (Å²) in [6.45, 7) is 24.2. The molecule has 64 heavy (non-hydrogen) atoms. The second kappa shape index (κ2) is 20.8. The van der Waals surface area contributed by atoms with Crippen molar-refractivity contribution in [3.8, 4) is 33.4 Å². The molecule has 0 saturated heterocycles. The SMILES string of the molecule is CCC(C)c1ccccc1-c1cc2c(cc1C(C)(C)C)-c1cc(C(C)(C)C)c(-c3ccccc3C(C)CC)[c]([Zr+2]([C]3=CC=CC3)=[C](Cc3ccccc3)Cc3ccccc3)c1C2.[Cl-].[Cl-]. The average molecular weight is 963 g/mol. The van der Waals surface area contributed by atoms with Crippen LogP contribution in [-0.2, 0) is 51.4 Å². The van der Waals surface area contributed by atoms with Crippen molar-refractivity contribution in [2.75, 3.05) is 0 Å².